The average molecular weight is 511 g/mol. The monoisotopic (exact) mass is 510 g/mol. The largest absolute Gasteiger partial charge is 0.464 e. The van der Waals surface area contributed by atoms with Gasteiger partial charge in [0.25, 0.3) is 0 Å². The highest BCUT2D eigenvalue weighted by atomic mass is 19.1. The van der Waals surface area contributed by atoms with Crippen LogP contribution in [0.2, 0.25) is 0 Å². The second kappa shape index (κ2) is 9.48. The number of nitrogens with zero attached hydrogens (tertiary/aromatic N) is 4. The minimum atomic E-state index is -0.673. The molecule has 1 aromatic carbocycles. The van der Waals surface area contributed by atoms with Crippen LogP contribution in [0.5, 0.6) is 0 Å². The van der Waals surface area contributed by atoms with Gasteiger partial charge in [0.15, 0.2) is 5.69 Å². The van der Waals surface area contributed by atoms with Crippen molar-refractivity contribution in [1.82, 2.24) is 15.1 Å². The number of aromatic nitrogens is 3. The molecular formula is C27H28F2N4O4. The van der Waals surface area contributed by atoms with Crippen molar-refractivity contribution in [3.8, 4) is 11.3 Å². The normalized spacial score (nSPS) is 22.9. The van der Waals surface area contributed by atoms with Gasteiger partial charge < -0.3 is 18.9 Å². The minimum absolute atomic E-state index is 0.0427. The Morgan fingerprint density at radius 2 is 1.81 bits per heavy atom. The SMILES string of the molecule is COC(=O)c1cc(C)nc(N2[C@@H]3CC[C@H]2C[C@@H](OCc2c(-c4c(F)cccc4F)noc2C2CC2)C3)n1. The number of aryl methyl sites for hydroxylation is 1. The van der Waals surface area contributed by atoms with E-state index in [-0.39, 0.29) is 47.7 Å². The fourth-order valence-electron chi connectivity index (χ4n) is 5.72. The van der Waals surface area contributed by atoms with Crippen LogP contribution in [0, 0.1) is 18.6 Å². The van der Waals surface area contributed by atoms with E-state index in [0.29, 0.717) is 23.0 Å². The van der Waals surface area contributed by atoms with Gasteiger partial charge in [-0.15, -0.1) is 0 Å². The summed E-state index contributed by atoms with van der Waals surface area (Å²) in [6.07, 6.45) is 5.36. The Hall–Kier alpha value is -3.40. The maximum Gasteiger partial charge on any atom is 0.356 e. The van der Waals surface area contributed by atoms with Gasteiger partial charge in [-0.2, -0.15) is 0 Å². The lowest BCUT2D eigenvalue weighted by atomic mass is 9.99. The van der Waals surface area contributed by atoms with E-state index in [4.69, 9.17) is 14.0 Å². The van der Waals surface area contributed by atoms with E-state index in [9.17, 15) is 13.6 Å². The molecule has 2 saturated heterocycles. The highest BCUT2D eigenvalue weighted by Crippen LogP contribution is 2.45. The molecule has 2 bridgehead atoms. The second-order valence-electron chi connectivity index (χ2n) is 10.1. The van der Waals surface area contributed by atoms with Crippen molar-refractivity contribution in [2.45, 2.75) is 76.2 Å². The van der Waals surface area contributed by atoms with E-state index < -0.39 is 17.6 Å². The van der Waals surface area contributed by atoms with Crippen LogP contribution in [0.3, 0.4) is 0 Å². The van der Waals surface area contributed by atoms with E-state index in [0.717, 1.165) is 38.5 Å². The molecule has 3 fully saturated rings. The van der Waals surface area contributed by atoms with Crippen molar-refractivity contribution in [3.63, 3.8) is 0 Å². The first-order chi connectivity index (χ1) is 17.9. The number of rotatable bonds is 7. The molecule has 10 heteroatoms. The van der Waals surface area contributed by atoms with Gasteiger partial charge in [-0.25, -0.2) is 23.5 Å². The summed E-state index contributed by atoms with van der Waals surface area (Å²) in [6.45, 7) is 2.01. The first-order valence-electron chi connectivity index (χ1n) is 12.7. The maximum absolute atomic E-state index is 14.6. The number of benzene rings is 1. The molecule has 3 aliphatic rings. The molecule has 0 amide bonds. The fraction of sp³-hybridized carbons (Fsp3) is 0.481. The topological polar surface area (TPSA) is 90.6 Å². The van der Waals surface area contributed by atoms with Gasteiger partial charge in [0, 0.05) is 29.3 Å². The number of carbonyl (C=O) groups excluding carboxylic acids is 1. The molecule has 37 heavy (non-hydrogen) atoms. The highest BCUT2D eigenvalue weighted by Gasteiger charge is 2.43. The lowest BCUT2D eigenvalue weighted by Gasteiger charge is -2.39. The summed E-state index contributed by atoms with van der Waals surface area (Å²) in [5.74, 6) is -0.407. The zero-order valence-electron chi connectivity index (χ0n) is 20.7. The standard InChI is InChI=1S/C27H28F2N4O4/c1-14-10-22(26(34)35-2)31-27(30-14)33-16-8-9-17(33)12-18(11-16)36-13-19-24(32-37-25(19)15-6-7-15)23-20(28)4-3-5-21(23)29/h3-5,10,15-18H,6-9,11-13H2,1-2H3/t16-,17+,18+. The van der Waals surface area contributed by atoms with Gasteiger partial charge in [-0.3, -0.25) is 0 Å². The van der Waals surface area contributed by atoms with E-state index >= 15 is 0 Å². The zero-order valence-corrected chi connectivity index (χ0v) is 20.7. The minimum Gasteiger partial charge on any atom is -0.464 e. The van der Waals surface area contributed by atoms with Gasteiger partial charge in [0.2, 0.25) is 5.95 Å². The quantitative estimate of drug-likeness (QED) is 0.406. The van der Waals surface area contributed by atoms with E-state index in [1.165, 1.54) is 25.3 Å². The van der Waals surface area contributed by atoms with Crippen molar-refractivity contribution in [2.24, 2.45) is 0 Å². The second-order valence-corrected chi connectivity index (χ2v) is 10.1. The summed E-state index contributed by atoms with van der Waals surface area (Å²) >= 11 is 0. The smallest absolute Gasteiger partial charge is 0.356 e. The first-order valence-corrected chi connectivity index (χ1v) is 12.7. The Kier molecular flexibility index (Phi) is 6.14. The summed E-state index contributed by atoms with van der Waals surface area (Å²) < 4.78 is 45.9. The summed E-state index contributed by atoms with van der Waals surface area (Å²) in [6, 6.07) is 5.75. The van der Waals surface area contributed by atoms with Crippen LogP contribution >= 0.6 is 0 Å². The van der Waals surface area contributed by atoms with Crippen molar-refractivity contribution < 1.29 is 27.6 Å². The summed E-state index contributed by atoms with van der Waals surface area (Å²) in [4.78, 5) is 23.4. The zero-order chi connectivity index (χ0) is 25.7. The molecule has 194 valence electrons. The van der Waals surface area contributed by atoms with E-state index in [2.05, 4.69) is 20.0 Å². The fourth-order valence-corrected chi connectivity index (χ4v) is 5.72. The van der Waals surface area contributed by atoms with Crippen LogP contribution in [0.15, 0.2) is 28.8 Å². The number of halogens is 2. The summed E-state index contributed by atoms with van der Waals surface area (Å²) in [5.41, 5.74) is 1.59. The molecule has 3 atom stereocenters. The van der Waals surface area contributed by atoms with Crippen LogP contribution in [-0.2, 0) is 16.1 Å². The van der Waals surface area contributed by atoms with Gasteiger partial charge >= 0.3 is 5.97 Å². The lowest BCUT2D eigenvalue weighted by molar-refractivity contribution is 0.0144. The summed E-state index contributed by atoms with van der Waals surface area (Å²) in [7, 11) is 1.34. The predicted octanol–water partition coefficient (Wildman–Crippen LogP) is 5.10. The van der Waals surface area contributed by atoms with Crippen LogP contribution in [0.1, 0.15) is 71.9 Å². The van der Waals surface area contributed by atoms with E-state index in [1.54, 1.807) is 6.07 Å². The van der Waals surface area contributed by atoms with E-state index in [1.807, 2.05) is 6.92 Å². The first kappa shape index (κ1) is 24.0. The van der Waals surface area contributed by atoms with Crippen molar-refractivity contribution in [2.75, 3.05) is 12.0 Å². The van der Waals surface area contributed by atoms with Crippen molar-refractivity contribution >= 4 is 11.9 Å². The van der Waals surface area contributed by atoms with Crippen LogP contribution in [0.25, 0.3) is 11.3 Å². The van der Waals surface area contributed by atoms with Gasteiger partial charge in [0.05, 0.1) is 25.4 Å². The third kappa shape index (κ3) is 4.47. The van der Waals surface area contributed by atoms with Crippen LogP contribution in [-0.4, -0.2) is 46.4 Å². The molecule has 2 aromatic heterocycles. The number of ether oxygens (including phenoxy) is 2. The number of hydrogen-bond donors (Lipinski definition) is 0. The maximum atomic E-state index is 14.6. The van der Waals surface area contributed by atoms with Crippen LogP contribution < -0.4 is 4.90 Å². The molecule has 0 unspecified atom stereocenters. The Morgan fingerprint density at radius 1 is 1.11 bits per heavy atom. The Morgan fingerprint density at radius 3 is 2.46 bits per heavy atom. The Labute approximate surface area is 213 Å². The number of fused-ring (bicyclic) bond motifs is 2. The number of methoxy groups -OCH3 is 1. The third-order valence-electron chi connectivity index (χ3n) is 7.59. The molecule has 1 saturated carbocycles. The Balaban J connectivity index is 1.21. The van der Waals surface area contributed by atoms with Crippen molar-refractivity contribution in [3.05, 3.63) is 58.6 Å². The molecule has 2 aliphatic heterocycles. The number of carbonyl (C=O) groups is 1. The third-order valence-corrected chi connectivity index (χ3v) is 7.59. The average Bonchev–Trinajstić information content (AvgIpc) is 3.59. The molecule has 3 aromatic rings. The molecule has 1 aliphatic carbocycles. The molecule has 8 nitrogen and oxygen atoms in total. The number of piperidine rings is 1. The molecule has 4 heterocycles. The Bertz CT molecular complexity index is 1310. The molecule has 6 rings (SSSR count). The van der Waals surface area contributed by atoms with Gasteiger partial charge in [-0.05, 0) is 63.6 Å². The van der Waals surface area contributed by atoms with Gasteiger partial charge in [0.1, 0.15) is 23.1 Å². The van der Waals surface area contributed by atoms with Crippen molar-refractivity contribution in [1.29, 1.82) is 0 Å². The number of hydrogen-bond acceptors (Lipinski definition) is 8. The molecule has 0 N–H and O–H groups in total. The molecular weight excluding hydrogens is 482 g/mol. The molecule has 0 spiro atoms. The molecule has 0 radical (unpaired) electrons. The lowest BCUT2D eigenvalue weighted by Crippen LogP contribution is -2.46. The number of anilines is 1. The number of esters is 1. The summed E-state index contributed by atoms with van der Waals surface area (Å²) in [5, 5.41) is 4.07. The predicted molar refractivity (Wildman–Crippen MR) is 129 cm³/mol. The highest BCUT2D eigenvalue weighted by molar-refractivity contribution is 5.87. The van der Waals surface area contributed by atoms with Gasteiger partial charge in [-0.1, -0.05) is 11.2 Å². The van der Waals surface area contributed by atoms with Crippen LogP contribution in [0.4, 0.5) is 14.7 Å².